The van der Waals surface area contributed by atoms with Crippen LogP contribution < -0.4 is 4.74 Å². The minimum atomic E-state index is 0.715. The second-order valence-corrected chi connectivity index (χ2v) is 4.23. The summed E-state index contributed by atoms with van der Waals surface area (Å²) in [4.78, 5) is 0. The van der Waals surface area contributed by atoms with Gasteiger partial charge in [0.15, 0.2) is 0 Å². The molecule has 0 saturated carbocycles. The van der Waals surface area contributed by atoms with E-state index in [1.165, 1.54) is 27.8 Å². The average molecular weight is 218 g/mol. The van der Waals surface area contributed by atoms with Crippen molar-refractivity contribution in [3.8, 4) is 5.75 Å². The Morgan fingerprint density at radius 3 is 2.06 bits per heavy atom. The van der Waals surface area contributed by atoms with Gasteiger partial charge in [0.25, 0.3) is 0 Å². The third-order valence-electron chi connectivity index (χ3n) is 3.39. The maximum Gasteiger partial charge on any atom is 0.126 e. The van der Waals surface area contributed by atoms with Crippen molar-refractivity contribution in [1.82, 2.24) is 0 Å². The van der Waals surface area contributed by atoms with Crippen LogP contribution in [-0.4, -0.2) is 6.61 Å². The van der Waals surface area contributed by atoms with Crippen LogP contribution in [0.3, 0.4) is 0 Å². The number of hydrogen-bond donors (Lipinski definition) is 0. The molecular formula is C15H22O. The molecule has 1 rings (SSSR count). The van der Waals surface area contributed by atoms with Crippen LogP contribution in [0.15, 0.2) is 12.7 Å². The van der Waals surface area contributed by atoms with Crippen molar-refractivity contribution in [3.05, 3.63) is 40.5 Å². The molecule has 0 amide bonds. The van der Waals surface area contributed by atoms with E-state index in [0.29, 0.717) is 6.61 Å². The molecule has 0 saturated heterocycles. The minimum absolute atomic E-state index is 0.715. The molecule has 0 aromatic heterocycles. The van der Waals surface area contributed by atoms with E-state index >= 15 is 0 Å². The van der Waals surface area contributed by atoms with Crippen LogP contribution in [0, 0.1) is 27.7 Å². The summed E-state index contributed by atoms with van der Waals surface area (Å²) in [6.07, 6.45) is 2.82. The summed E-state index contributed by atoms with van der Waals surface area (Å²) in [7, 11) is 0. The monoisotopic (exact) mass is 218 g/mol. The fourth-order valence-corrected chi connectivity index (χ4v) is 2.09. The molecule has 0 N–H and O–H groups in total. The highest BCUT2D eigenvalue weighted by molar-refractivity contribution is 5.54. The number of rotatable bonds is 4. The fraction of sp³-hybridized carbons (Fsp3) is 0.467. The van der Waals surface area contributed by atoms with Crippen LogP contribution >= 0.6 is 0 Å². The highest BCUT2D eigenvalue weighted by Crippen LogP contribution is 2.33. The first kappa shape index (κ1) is 12.8. The molecule has 1 aromatic carbocycles. The molecule has 1 heteroatoms. The Labute approximate surface area is 99.1 Å². The van der Waals surface area contributed by atoms with Crippen molar-refractivity contribution in [1.29, 1.82) is 0 Å². The maximum atomic E-state index is 5.79. The van der Waals surface area contributed by atoms with Gasteiger partial charge in [0.05, 0.1) is 6.61 Å². The molecule has 16 heavy (non-hydrogen) atoms. The third-order valence-corrected chi connectivity index (χ3v) is 3.39. The van der Waals surface area contributed by atoms with E-state index in [1.807, 2.05) is 13.0 Å². The lowest BCUT2D eigenvalue weighted by atomic mass is 9.92. The largest absolute Gasteiger partial charge is 0.493 e. The standard InChI is InChI=1S/C15H22O/c1-7-9-14-12(5)10(3)11(4)13(6)15(14)16-8-2/h7H,1,8-9H2,2-6H3. The molecule has 0 atom stereocenters. The molecule has 0 aliphatic heterocycles. The van der Waals surface area contributed by atoms with Crippen molar-refractivity contribution < 1.29 is 4.74 Å². The lowest BCUT2D eigenvalue weighted by molar-refractivity contribution is 0.334. The predicted octanol–water partition coefficient (Wildman–Crippen LogP) is 4.05. The first-order chi connectivity index (χ1) is 7.54. The van der Waals surface area contributed by atoms with Gasteiger partial charge in [-0.25, -0.2) is 0 Å². The second kappa shape index (κ2) is 5.20. The van der Waals surface area contributed by atoms with Gasteiger partial charge in [0.1, 0.15) is 5.75 Å². The Bertz CT molecular complexity index is 403. The summed E-state index contributed by atoms with van der Waals surface area (Å²) in [5.74, 6) is 1.06. The van der Waals surface area contributed by atoms with E-state index in [-0.39, 0.29) is 0 Å². The van der Waals surface area contributed by atoms with Crippen molar-refractivity contribution in [2.75, 3.05) is 6.61 Å². The summed E-state index contributed by atoms with van der Waals surface area (Å²) in [6, 6.07) is 0. The minimum Gasteiger partial charge on any atom is -0.493 e. The molecule has 88 valence electrons. The Hall–Kier alpha value is -1.24. The fourth-order valence-electron chi connectivity index (χ4n) is 2.09. The smallest absolute Gasteiger partial charge is 0.126 e. The van der Waals surface area contributed by atoms with Crippen molar-refractivity contribution in [2.24, 2.45) is 0 Å². The van der Waals surface area contributed by atoms with Crippen LogP contribution in [0.4, 0.5) is 0 Å². The molecule has 0 unspecified atom stereocenters. The molecule has 1 nitrogen and oxygen atoms in total. The van der Waals surface area contributed by atoms with Crippen molar-refractivity contribution >= 4 is 0 Å². The van der Waals surface area contributed by atoms with E-state index in [1.54, 1.807) is 0 Å². The number of hydrogen-bond acceptors (Lipinski definition) is 1. The predicted molar refractivity (Wildman–Crippen MR) is 70.5 cm³/mol. The molecule has 0 spiro atoms. The Morgan fingerprint density at radius 1 is 1.00 bits per heavy atom. The molecule has 1 aromatic rings. The first-order valence-corrected chi connectivity index (χ1v) is 5.87. The average Bonchev–Trinajstić information content (AvgIpc) is 2.28. The zero-order valence-corrected chi connectivity index (χ0v) is 11.1. The number of allylic oxidation sites excluding steroid dienone is 1. The Balaban J connectivity index is 3.47. The van der Waals surface area contributed by atoms with E-state index in [9.17, 15) is 0 Å². The normalized spacial score (nSPS) is 10.3. The van der Waals surface area contributed by atoms with E-state index in [2.05, 4.69) is 34.3 Å². The highest BCUT2D eigenvalue weighted by atomic mass is 16.5. The summed E-state index contributed by atoms with van der Waals surface area (Å²) in [5.41, 5.74) is 6.61. The van der Waals surface area contributed by atoms with Crippen LogP contribution in [0.1, 0.15) is 34.7 Å². The SMILES string of the molecule is C=CCc1c(C)c(C)c(C)c(C)c1OCC. The zero-order valence-electron chi connectivity index (χ0n) is 11.1. The molecule has 0 bridgehead atoms. The van der Waals surface area contributed by atoms with Gasteiger partial charge in [-0.3, -0.25) is 0 Å². The lowest BCUT2D eigenvalue weighted by Crippen LogP contribution is -2.05. The topological polar surface area (TPSA) is 9.23 Å². The van der Waals surface area contributed by atoms with E-state index in [0.717, 1.165) is 12.2 Å². The molecule has 0 radical (unpaired) electrons. The summed E-state index contributed by atoms with van der Waals surface area (Å²) in [6.45, 7) is 15.2. The van der Waals surface area contributed by atoms with Gasteiger partial charge in [0, 0.05) is 5.56 Å². The quantitative estimate of drug-likeness (QED) is 0.693. The molecule has 0 fully saturated rings. The zero-order chi connectivity index (χ0) is 12.3. The Kier molecular flexibility index (Phi) is 4.17. The van der Waals surface area contributed by atoms with Gasteiger partial charge in [0.2, 0.25) is 0 Å². The number of benzene rings is 1. The van der Waals surface area contributed by atoms with Crippen molar-refractivity contribution in [3.63, 3.8) is 0 Å². The summed E-state index contributed by atoms with van der Waals surface area (Å²) < 4.78 is 5.79. The maximum absolute atomic E-state index is 5.79. The van der Waals surface area contributed by atoms with Crippen LogP contribution in [0.25, 0.3) is 0 Å². The van der Waals surface area contributed by atoms with Gasteiger partial charge < -0.3 is 4.74 Å². The third kappa shape index (κ3) is 2.13. The lowest BCUT2D eigenvalue weighted by Gasteiger charge is -2.19. The summed E-state index contributed by atoms with van der Waals surface area (Å²) in [5, 5.41) is 0. The summed E-state index contributed by atoms with van der Waals surface area (Å²) >= 11 is 0. The van der Waals surface area contributed by atoms with E-state index in [4.69, 9.17) is 4.74 Å². The Morgan fingerprint density at radius 2 is 1.56 bits per heavy atom. The molecule has 0 aliphatic rings. The molecular weight excluding hydrogens is 196 g/mol. The number of ether oxygens (including phenoxy) is 1. The van der Waals surface area contributed by atoms with Crippen LogP contribution in [0.2, 0.25) is 0 Å². The van der Waals surface area contributed by atoms with Gasteiger partial charge in [-0.1, -0.05) is 6.08 Å². The van der Waals surface area contributed by atoms with Gasteiger partial charge in [-0.15, -0.1) is 6.58 Å². The second-order valence-electron chi connectivity index (χ2n) is 4.23. The van der Waals surface area contributed by atoms with Crippen LogP contribution in [-0.2, 0) is 6.42 Å². The first-order valence-electron chi connectivity index (χ1n) is 5.87. The molecule has 0 heterocycles. The van der Waals surface area contributed by atoms with Gasteiger partial charge in [-0.2, -0.15) is 0 Å². The van der Waals surface area contributed by atoms with Crippen molar-refractivity contribution in [2.45, 2.75) is 41.0 Å². The molecule has 0 aliphatic carbocycles. The van der Waals surface area contributed by atoms with E-state index < -0.39 is 0 Å². The highest BCUT2D eigenvalue weighted by Gasteiger charge is 2.14. The van der Waals surface area contributed by atoms with Gasteiger partial charge >= 0.3 is 0 Å². The van der Waals surface area contributed by atoms with Crippen LogP contribution in [0.5, 0.6) is 5.75 Å². The van der Waals surface area contributed by atoms with Gasteiger partial charge in [-0.05, 0) is 63.3 Å².